The number of ether oxygens (including phenoxy) is 2. The van der Waals surface area contributed by atoms with Crippen molar-refractivity contribution < 1.29 is 14.3 Å². The number of hydrogen-bond acceptors (Lipinski definition) is 4. The van der Waals surface area contributed by atoms with Crippen LogP contribution in [0, 0.1) is 5.92 Å². The Balaban J connectivity index is 1.67. The molecule has 0 aromatic carbocycles. The Bertz CT molecular complexity index is 302. The molecule has 0 aliphatic carbocycles. The lowest BCUT2D eigenvalue weighted by Crippen LogP contribution is -2.14. The fraction of sp³-hybridized carbons (Fsp3) is 0.545. The Hall–Kier alpha value is -0.710. The number of hydrogen-bond donors (Lipinski definition) is 0. The van der Waals surface area contributed by atoms with Gasteiger partial charge in [0.25, 0.3) is 0 Å². The third kappa shape index (κ3) is 3.12. The van der Waals surface area contributed by atoms with Gasteiger partial charge in [-0.1, -0.05) is 6.07 Å². The smallest absolute Gasteiger partial charge is 0.198 e. The van der Waals surface area contributed by atoms with Crippen molar-refractivity contribution in [3.05, 3.63) is 22.4 Å². The molecule has 1 atom stereocenters. The largest absolute Gasteiger partial charge is 0.381 e. The summed E-state index contributed by atoms with van der Waals surface area (Å²) < 4.78 is 10.6. The predicted molar refractivity (Wildman–Crippen MR) is 58.4 cm³/mol. The molecule has 3 nitrogen and oxygen atoms in total. The van der Waals surface area contributed by atoms with Crippen LogP contribution in [0.1, 0.15) is 16.1 Å². The van der Waals surface area contributed by atoms with E-state index in [1.165, 1.54) is 11.3 Å². The minimum Gasteiger partial charge on any atom is -0.381 e. The zero-order valence-electron chi connectivity index (χ0n) is 8.48. The molecule has 1 unspecified atom stereocenters. The summed E-state index contributed by atoms with van der Waals surface area (Å²) in [5.41, 5.74) is 0. The maximum Gasteiger partial charge on any atom is 0.198 e. The first-order valence-corrected chi connectivity index (χ1v) is 5.96. The van der Waals surface area contributed by atoms with Gasteiger partial charge in [-0.15, -0.1) is 11.3 Å². The summed E-state index contributed by atoms with van der Waals surface area (Å²) in [6.07, 6.45) is 1.05. The van der Waals surface area contributed by atoms with Gasteiger partial charge in [0.2, 0.25) is 0 Å². The quantitative estimate of drug-likeness (QED) is 0.720. The van der Waals surface area contributed by atoms with E-state index in [-0.39, 0.29) is 12.4 Å². The van der Waals surface area contributed by atoms with E-state index < -0.39 is 0 Å². The van der Waals surface area contributed by atoms with Crippen LogP contribution in [0.25, 0.3) is 0 Å². The average Bonchev–Trinajstić information content (AvgIpc) is 2.90. The molecule has 1 fully saturated rings. The van der Waals surface area contributed by atoms with Gasteiger partial charge in [0.15, 0.2) is 5.78 Å². The number of thiophene rings is 1. The topological polar surface area (TPSA) is 35.5 Å². The average molecular weight is 226 g/mol. The first-order valence-electron chi connectivity index (χ1n) is 5.08. The van der Waals surface area contributed by atoms with Gasteiger partial charge in [-0.05, 0) is 17.9 Å². The van der Waals surface area contributed by atoms with E-state index in [4.69, 9.17) is 9.47 Å². The van der Waals surface area contributed by atoms with Crippen LogP contribution >= 0.6 is 11.3 Å². The van der Waals surface area contributed by atoms with Crippen LogP contribution in [0.3, 0.4) is 0 Å². The number of Topliss-reactive ketones (excluding diaryl/α,β-unsaturated/α-hetero) is 1. The molecule has 0 spiro atoms. The van der Waals surface area contributed by atoms with E-state index in [0.717, 1.165) is 24.5 Å². The van der Waals surface area contributed by atoms with Gasteiger partial charge in [-0.3, -0.25) is 4.79 Å². The molecule has 1 aromatic heterocycles. The third-order valence-corrected chi connectivity index (χ3v) is 3.32. The molecule has 0 radical (unpaired) electrons. The van der Waals surface area contributed by atoms with Crippen LogP contribution in [0.15, 0.2) is 17.5 Å². The zero-order chi connectivity index (χ0) is 10.5. The van der Waals surface area contributed by atoms with Crippen LogP contribution in [0.4, 0.5) is 0 Å². The lowest BCUT2D eigenvalue weighted by Gasteiger charge is -2.07. The maximum atomic E-state index is 11.5. The fourth-order valence-corrected chi connectivity index (χ4v) is 2.19. The fourth-order valence-electron chi connectivity index (χ4n) is 1.54. The minimum absolute atomic E-state index is 0.0731. The lowest BCUT2D eigenvalue weighted by atomic mass is 10.1. The van der Waals surface area contributed by atoms with Crippen LogP contribution < -0.4 is 0 Å². The number of rotatable bonds is 5. The molecule has 0 bridgehead atoms. The molecule has 0 amide bonds. The third-order valence-electron chi connectivity index (χ3n) is 2.41. The Morgan fingerprint density at radius 3 is 3.27 bits per heavy atom. The molecule has 0 N–H and O–H groups in total. The molecule has 4 heteroatoms. The van der Waals surface area contributed by atoms with E-state index in [9.17, 15) is 4.79 Å². The van der Waals surface area contributed by atoms with Crippen LogP contribution in [-0.2, 0) is 9.47 Å². The first kappa shape index (κ1) is 10.8. The summed E-state index contributed by atoms with van der Waals surface area (Å²) in [6, 6.07) is 3.71. The molecular weight excluding hydrogens is 212 g/mol. The maximum absolute atomic E-state index is 11.5. The number of ketones is 1. The highest BCUT2D eigenvalue weighted by atomic mass is 32.1. The van der Waals surface area contributed by atoms with Crippen molar-refractivity contribution in [2.24, 2.45) is 5.92 Å². The highest BCUT2D eigenvalue weighted by Gasteiger charge is 2.16. The second-order valence-corrected chi connectivity index (χ2v) is 4.59. The molecule has 2 heterocycles. The highest BCUT2D eigenvalue weighted by Crippen LogP contribution is 2.13. The number of carbonyl (C=O) groups excluding carboxylic acids is 1. The Morgan fingerprint density at radius 1 is 1.67 bits per heavy atom. The summed E-state index contributed by atoms with van der Waals surface area (Å²) >= 11 is 1.46. The molecule has 0 saturated carbocycles. The summed E-state index contributed by atoms with van der Waals surface area (Å²) in [5.74, 6) is 0.546. The van der Waals surface area contributed by atoms with Gasteiger partial charge < -0.3 is 9.47 Å². The van der Waals surface area contributed by atoms with Crippen LogP contribution in [0.5, 0.6) is 0 Å². The van der Waals surface area contributed by atoms with Crippen molar-refractivity contribution in [1.82, 2.24) is 0 Å². The van der Waals surface area contributed by atoms with Crippen molar-refractivity contribution in [3.63, 3.8) is 0 Å². The van der Waals surface area contributed by atoms with Crippen molar-refractivity contribution in [2.45, 2.75) is 6.42 Å². The second-order valence-electron chi connectivity index (χ2n) is 3.65. The van der Waals surface area contributed by atoms with Crippen molar-refractivity contribution in [1.29, 1.82) is 0 Å². The molecule has 1 aliphatic heterocycles. The zero-order valence-corrected chi connectivity index (χ0v) is 9.29. The normalized spacial score (nSPS) is 20.7. The van der Waals surface area contributed by atoms with E-state index in [0.29, 0.717) is 12.5 Å². The standard InChI is InChI=1S/C11H14O3S/c12-10(11-2-1-5-15-11)8-14-7-9-3-4-13-6-9/h1-2,5,9H,3-4,6-8H2. The Kier molecular flexibility index (Phi) is 3.88. The molecule has 82 valence electrons. The van der Waals surface area contributed by atoms with E-state index in [1.807, 2.05) is 17.5 Å². The summed E-state index contributed by atoms with van der Waals surface area (Å²) in [4.78, 5) is 12.3. The Labute approximate surface area is 93.0 Å². The summed E-state index contributed by atoms with van der Waals surface area (Å²) in [7, 11) is 0. The van der Waals surface area contributed by atoms with E-state index >= 15 is 0 Å². The minimum atomic E-state index is 0.0731. The second kappa shape index (κ2) is 5.39. The van der Waals surface area contributed by atoms with Crippen molar-refractivity contribution in [3.8, 4) is 0 Å². The summed E-state index contributed by atoms with van der Waals surface area (Å²) in [6.45, 7) is 2.42. The molecule has 1 aliphatic rings. The monoisotopic (exact) mass is 226 g/mol. The van der Waals surface area contributed by atoms with E-state index in [2.05, 4.69) is 0 Å². The highest BCUT2D eigenvalue weighted by molar-refractivity contribution is 7.12. The molecule has 1 aromatic rings. The lowest BCUT2D eigenvalue weighted by molar-refractivity contribution is 0.0655. The van der Waals surface area contributed by atoms with Gasteiger partial charge in [-0.25, -0.2) is 0 Å². The first-order chi connectivity index (χ1) is 7.36. The van der Waals surface area contributed by atoms with Gasteiger partial charge in [0, 0.05) is 12.5 Å². The van der Waals surface area contributed by atoms with Gasteiger partial charge >= 0.3 is 0 Å². The molecule has 1 saturated heterocycles. The predicted octanol–water partition coefficient (Wildman–Crippen LogP) is 1.98. The van der Waals surface area contributed by atoms with Crippen molar-refractivity contribution >= 4 is 17.1 Å². The molecule has 2 rings (SSSR count). The van der Waals surface area contributed by atoms with Crippen LogP contribution in [-0.4, -0.2) is 32.2 Å². The molecule has 15 heavy (non-hydrogen) atoms. The van der Waals surface area contributed by atoms with Gasteiger partial charge in [-0.2, -0.15) is 0 Å². The van der Waals surface area contributed by atoms with Crippen molar-refractivity contribution in [2.75, 3.05) is 26.4 Å². The Morgan fingerprint density at radius 2 is 2.60 bits per heavy atom. The van der Waals surface area contributed by atoms with E-state index in [1.54, 1.807) is 0 Å². The SMILES string of the molecule is O=C(COCC1CCOC1)c1cccs1. The number of carbonyl (C=O) groups is 1. The summed E-state index contributed by atoms with van der Waals surface area (Å²) in [5, 5.41) is 1.90. The van der Waals surface area contributed by atoms with Gasteiger partial charge in [0.05, 0.1) is 18.1 Å². The van der Waals surface area contributed by atoms with Crippen LogP contribution in [0.2, 0.25) is 0 Å². The van der Waals surface area contributed by atoms with Gasteiger partial charge in [0.1, 0.15) is 6.61 Å². The molecular formula is C11H14O3S.